The Balaban J connectivity index is 2.70. The minimum absolute atomic E-state index is 0.208. The summed E-state index contributed by atoms with van der Waals surface area (Å²) in [5, 5.41) is 18.3. The van der Waals surface area contributed by atoms with Crippen LogP contribution in [0.4, 0.5) is 0 Å². The Morgan fingerprint density at radius 2 is 1.88 bits per heavy atom. The van der Waals surface area contributed by atoms with Crippen LogP contribution in [0.1, 0.15) is 31.1 Å². The largest absolute Gasteiger partial charge is 0.504 e. The first-order chi connectivity index (χ1) is 7.29. The van der Waals surface area contributed by atoms with Gasteiger partial charge in [-0.2, -0.15) is 0 Å². The van der Waals surface area contributed by atoms with Crippen LogP contribution in [0.3, 0.4) is 0 Å². The highest BCUT2D eigenvalue weighted by Gasteiger charge is 2.14. The fourth-order valence-electron chi connectivity index (χ4n) is 0.923. The summed E-state index contributed by atoms with van der Waals surface area (Å²) < 4.78 is 0. The molecule has 0 unspecified atom stereocenters. The van der Waals surface area contributed by atoms with E-state index in [4.69, 9.17) is 9.94 Å². The highest BCUT2D eigenvalue weighted by Crippen LogP contribution is 2.24. The van der Waals surface area contributed by atoms with Gasteiger partial charge in [0, 0.05) is 5.56 Å². The van der Waals surface area contributed by atoms with Crippen molar-refractivity contribution >= 4 is 5.91 Å². The highest BCUT2D eigenvalue weighted by molar-refractivity contribution is 5.94. The molecule has 16 heavy (non-hydrogen) atoms. The van der Waals surface area contributed by atoms with Crippen LogP contribution in [-0.2, 0) is 4.84 Å². The molecule has 0 aromatic heterocycles. The number of carbonyl (C=O) groups excluding carboxylic acids is 1. The SMILES string of the molecule is CC(C)(C)ONC(=O)c1ccc(O)c(O)c1. The Morgan fingerprint density at radius 1 is 1.25 bits per heavy atom. The molecule has 0 aliphatic heterocycles. The lowest BCUT2D eigenvalue weighted by Crippen LogP contribution is -2.33. The minimum Gasteiger partial charge on any atom is -0.504 e. The topological polar surface area (TPSA) is 78.8 Å². The first-order valence-electron chi connectivity index (χ1n) is 4.80. The average Bonchev–Trinajstić information content (AvgIpc) is 2.17. The molecule has 0 bridgehead atoms. The second-order valence-electron chi connectivity index (χ2n) is 4.35. The van der Waals surface area contributed by atoms with Crippen LogP contribution in [0.15, 0.2) is 18.2 Å². The molecular formula is C11H15NO4. The molecule has 88 valence electrons. The van der Waals surface area contributed by atoms with Crippen LogP contribution in [0, 0.1) is 0 Å². The van der Waals surface area contributed by atoms with Crippen molar-refractivity contribution in [3.63, 3.8) is 0 Å². The van der Waals surface area contributed by atoms with Crippen LogP contribution in [0.25, 0.3) is 0 Å². The van der Waals surface area contributed by atoms with E-state index in [9.17, 15) is 9.90 Å². The van der Waals surface area contributed by atoms with Crippen LogP contribution in [0.2, 0.25) is 0 Å². The molecule has 0 spiro atoms. The van der Waals surface area contributed by atoms with Crippen LogP contribution < -0.4 is 5.48 Å². The van der Waals surface area contributed by atoms with Crippen molar-refractivity contribution in [1.29, 1.82) is 0 Å². The van der Waals surface area contributed by atoms with Gasteiger partial charge in [-0.25, -0.2) is 5.48 Å². The maximum atomic E-state index is 11.5. The van der Waals surface area contributed by atoms with E-state index < -0.39 is 11.5 Å². The fourth-order valence-corrected chi connectivity index (χ4v) is 0.923. The third kappa shape index (κ3) is 3.43. The first-order valence-corrected chi connectivity index (χ1v) is 4.80. The van der Waals surface area contributed by atoms with Crippen molar-refractivity contribution in [2.45, 2.75) is 26.4 Å². The maximum Gasteiger partial charge on any atom is 0.274 e. The lowest BCUT2D eigenvalue weighted by Gasteiger charge is -2.18. The van der Waals surface area contributed by atoms with E-state index in [-0.39, 0.29) is 17.1 Å². The smallest absolute Gasteiger partial charge is 0.274 e. The van der Waals surface area contributed by atoms with E-state index in [1.807, 2.05) is 0 Å². The molecule has 0 saturated heterocycles. The van der Waals surface area contributed by atoms with Crippen molar-refractivity contribution in [1.82, 2.24) is 5.48 Å². The number of nitrogens with one attached hydrogen (secondary N) is 1. The maximum absolute atomic E-state index is 11.5. The zero-order valence-electron chi connectivity index (χ0n) is 9.44. The van der Waals surface area contributed by atoms with Gasteiger partial charge in [-0.05, 0) is 39.0 Å². The van der Waals surface area contributed by atoms with E-state index in [1.165, 1.54) is 12.1 Å². The summed E-state index contributed by atoms with van der Waals surface area (Å²) in [7, 11) is 0. The Kier molecular flexibility index (Phi) is 3.39. The molecule has 0 atom stereocenters. The highest BCUT2D eigenvalue weighted by atomic mass is 16.7. The molecule has 3 N–H and O–H groups in total. The lowest BCUT2D eigenvalue weighted by atomic mass is 10.2. The van der Waals surface area contributed by atoms with E-state index in [0.29, 0.717) is 0 Å². The predicted octanol–water partition coefficient (Wildman–Crippen LogP) is 1.56. The molecule has 1 aromatic rings. The summed E-state index contributed by atoms with van der Waals surface area (Å²) >= 11 is 0. The quantitative estimate of drug-likeness (QED) is 0.527. The monoisotopic (exact) mass is 225 g/mol. The number of phenols is 2. The van der Waals surface area contributed by atoms with Crippen molar-refractivity contribution in [3.8, 4) is 11.5 Å². The molecule has 1 rings (SSSR count). The number of aromatic hydroxyl groups is 2. The number of carbonyl (C=O) groups is 1. The van der Waals surface area contributed by atoms with Crippen molar-refractivity contribution < 1.29 is 19.8 Å². The van der Waals surface area contributed by atoms with E-state index in [2.05, 4.69) is 5.48 Å². The molecule has 5 heteroatoms. The van der Waals surface area contributed by atoms with Crippen LogP contribution in [0.5, 0.6) is 11.5 Å². The zero-order valence-corrected chi connectivity index (χ0v) is 9.44. The number of phenolic OH excluding ortho intramolecular Hbond substituents is 2. The van der Waals surface area contributed by atoms with Gasteiger partial charge in [-0.15, -0.1) is 0 Å². The molecule has 0 saturated carbocycles. The number of amides is 1. The number of hydroxylamine groups is 1. The van der Waals surface area contributed by atoms with Gasteiger partial charge in [0.05, 0.1) is 5.60 Å². The van der Waals surface area contributed by atoms with E-state index >= 15 is 0 Å². The van der Waals surface area contributed by atoms with Crippen molar-refractivity contribution in [2.75, 3.05) is 0 Å². The Bertz CT molecular complexity index is 395. The molecule has 0 fully saturated rings. The van der Waals surface area contributed by atoms with Gasteiger partial charge in [0.15, 0.2) is 11.5 Å². The van der Waals surface area contributed by atoms with Crippen LogP contribution >= 0.6 is 0 Å². The van der Waals surface area contributed by atoms with Crippen molar-refractivity contribution in [3.05, 3.63) is 23.8 Å². The van der Waals surface area contributed by atoms with Gasteiger partial charge in [0.1, 0.15) is 0 Å². The summed E-state index contributed by atoms with van der Waals surface area (Å²) in [6, 6.07) is 3.79. The molecule has 1 amide bonds. The molecular weight excluding hydrogens is 210 g/mol. The van der Waals surface area contributed by atoms with Gasteiger partial charge in [-0.3, -0.25) is 9.63 Å². The number of rotatable bonds is 2. The fraction of sp³-hybridized carbons (Fsp3) is 0.364. The molecule has 0 radical (unpaired) electrons. The molecule has 0 aliphatic carbocycles. The van der Waals surface area contributed by atoms with Crippen LogP contribution in [-0.4, -0.2) is 21.7 Å². The normalized spacial score (nSPS) is 11.2. The zero-order chi connectivity index (χ0) is 12.3. The van der Waals surface area contributed by atoms with E-state index in [1.54, 1.807) is 20.8 Å². The van der Waals surface area contributed by atoms with Gasteiger partial charge < -0.3 is 10.2 Å². The van der Waals surface area contributed by atoms with Gasteiger partial charge >= 0.3 is 0 Å². The summed E-state index contributed by atoms with van der Waals surface area (Å²) in [4.78, 5) is 16.6. The lowest BCUT2D eigenvalue weighted by molar-refractivity contribution is -0.0589. The second-order valence-corrected chi connectivity index (χ2v) is 4.35. The third-order valence-electron chi connectivity index (χ3n) is 1.69. The van der Waals surface area contributed by atoms with E-state index in [0.717, 1.165) is 6.07 Å². The Hall–Kier alpha value is -1.75. The summed E-state index contributed by atoms with van der Waals surface area (Å²) in [5.41, 5.74) is 1.97. The Morgan fingerprint density at radius 3 is 2.38 bits per heavy atom. The molecule has 5 nitrogen and oxygen atoms in total. The van der Waals surface area contributed by atoms with Gasteiger partial charge in [0.25, 0.3) is 5.91 Å². The summed E-state index contributed by atoms with van der Waals surface area (Å²) in [6.07, 6.45) is 0. The number of hydrogen-bond acceptors (Lipinski definition) is 4. The number of benzene rings is 1. The first kappa shape index (κ1) is 12.3. The van der Waals surface area contributed by atoms with Gasteiger partial charge in [0.2, 0.25) is 0 Å². The average molecular weight is 225 g/mol. The van der Waals surface area contributed by atoms with Gasteiger partial charge in [-0.1, -0.05) is 0 Å². The predicted molar refractivity (Wildman–Crippen MR) is 58.1 cm³/mol. The Labute approximate surface area is 93.6 Å². The van der Waals surface area contributed by atoms with Crippen molar-refractivity contribution in [2.24, 2.45) is 0 Å². The minimum atomic E-state index is -0.491. The molecule has 0 aliphatic rings. The summed E-state index contributed by atoms with van der Waals surface area (Å²) in [6.45, 7) is 5.38. The standard InChI is InChI=1S/C11H15NO4/c1-11(2,3)16-12-10(15)7-4-5-8(13)9(14)6-7/h4-6,13-14H,1-3H3,(H,12,15). The number of hydrogen-bond donors (Lipinski definition) is 3. The molecule has 1 aromatic carbocycles. The summed E-state index contributed by atoms with van der Waals surface area (Å²) in [5.74, 6) is -1.10. The third-order valence-corrected chi connectivity index (χ3v) is 1.69. The molecule has 0 heterocycles. The second kappa shape index (κ2) is 4.40.